The Balaban J connectivity index is 1.75. The van der Waals surface area contributed by atoms with Crippen molar-refractivity contribution in [3.8, 4) is 5.69 Å². The molecule has 0 unspecified atom stereocenters. The molecule has 24 heavy (non-hydrogen) atoms. The van der Waals surface area contributed by atoms with Gasteiger partial charge in [0.2, 0.25) is 11.8 Å². The zero-order valence-corrected chi connectivity index (χ0v) is 13.5. The van der Waals surface area contributed by atoms with E-state index in [1.807, 2.05) is 0 Å². The van der Waals surface area contributed by atoms with Crippen molar-refractivity contribution < 1.29 is 9.59 Å². The molecule has 0 radical (unpaired) electrons. The van der Waals surface area contributed by atoms with E-state index in [1.165, 1.54) is 0 Å². The Morgan fingerprint density at radius 3 is 2.83 bits per heavy atom. The summed E-state index contributed by atoms with van der Waals surface area (Å²) in [7, 11) is 0. The molecule has 2 amide bonds. The van der Waals surface area contributed by atoms with Gasteiger partial charge in [0, 0.05) is 11.6 Å². The number of tetrazole rings is 1. The summed E-state index contributed by atoms with van der Waals surface area (Å²) in [5.74, 6) is 0.338. The van der Waals surface area contributed by atoms with E-state index >= 15 is 0 Å². The molecule has 1 aromatic heterocycles. The van der Waals surface area contributed by atoms with Gasteiger partial charge in [-0.25, -0.2) is 0 Å². The van der Waals surface area contributed by atoms with E-state index in [0.717, 1.165) is 18.7 Å². The topological polar surface area (TPSA) is 128 Å². The van der Waals surface area contributed by atoms with E-state index < -0.39 is 5.91 Å². The minimum Gasteiger partial charge on any atom is -0.346 e. The summed E-state index contributed by atoms with van der Waals surface area (Å²) in [6.45, 7) is -0.326. The van der Waals surface area contributed by atoms with Gasteiger partial charge in [-0.2, -0.15) is 4.68 Å². The Kier molecular flexibility index (Phi) is 4.72. The van der Waals surface area contributed by atoms with Crippen LogP contribution in [0.25, 0.3) is 5.69 Å². The van der Waals surface area contributed by atoms with Gasteiger partial charge in [0.05, 0.1) is 23.8 Å². The molecular weight excluding hydrogens is 334 g/mol. The van der Waals surface area contributed by atoms with Gasteiger partial charge < -0.3 is 16.4 Å². The molecule has 1 heterocycles. The fourth-order valence-electron chi connectivity index (χ4n) is 2.17. The molecule has 2 aromatic rings. The number of benzene rings is 1. The van der Waals surface area contributed by atoms with Crippen molar-refractivity contribution in [1.29, 1.82) is 0 Å². The number of nitrogens with zero attached hydrogens (tertiary/aromatic N) is 4. The summed E-state index contributed by atoms with van der Waals surface area (Å²) in [5.41, 5.74) is 6.28. The van der Waals surface area contributed by atoms with Crippen LogP contribution in [-0.4, -0.2) is 45.1 Å². The van der Waals surface area contributed by atoms with Crippen LogP contribution >= 0.6 is 11.6 Å². The summed E-state index contributed by atoms with van der Waals surface area (Å²) in [6, 6.07) is 5.01. The van der Waals surface area contributed by atoms with Gasteiger partial charge in [-0.3, -0.25) is 9.59 Å². The lowest BCUT2D eigenvalue weighted by Crippen LogP contribution is -2.36. The average molecular weight is 350 g/mol. The fraction of sp³-hybridized carbons (Fsp3) is 0.357. The summed E-state index contributed by atoms with van der Waals surface area (Å²) < 4.78 is 1.59. The Hall–Kier alpha value is -2.52. The highest BCUT2D eigenvalue weighted by molar-refractivity contribution is 6.32. The van der Waals surface area contributed by atoms with E-state index in [-0.39, 0.29) is 19.0 Å². The lowest BCUT2D eigenvalue weighted by Gasteiger charge is -2.10. The maximum atomic E-state index is 11.9. The second-order valence-electron chi connectivity index (χ2n) is 5.42. The number of anilines is 1. The highest BCUT2D eigenvalue weighted by Crippen LogP contribution is 2.39. The van der Waals surface area contributed by atoms with Crippen LogP contribution < -0.4 is 16.4 Å². The van der Waals surface area contributed by atoms with Crippen LogP contribution in [0.5, 0.6) is 0 Å². The van der Waals surface area contributed by atoms with Crippen LogP contribution in [0.4, 0.5) is 5.69 Å². The number of nitrogens with one attached hydrogen (secondary N) is 2. The van der Waals surface area contributed by atoms with Gasteiger partial charge in [0.25, 0.3) is 0 Å². The molecule has 9 nitrogen and oxygen atoms in total. The van der Waals surface area contributed by atoms with Crippen molar-refractivity contribution >= 4 is 29.1 Å². The molecule has 0 spiro atoms. The van der Waals surface area contributed by atoms with Crippen LogP contribution in [0.2, 0.25) is 5.02 Å². The number of carbonyl (C=O) groups excluding carboxylic acids is 2. The zero-order valence-electron chi connectivity index (χ0n) is 12.7. The number of hydrogen-bond donors (Lipinski definition) is 3. The molecule has 10 heteroatoms. The summed E-state index contributed by atoms with van der Waals surface area (Å²) in [5, 5.41) is 17.3. The SMILES string of the molecule is NCC(=O)NCC(=O)Nc1ccc(Cl)c(-n2nnnc2C2CC2)c1. The lowest BCUT2D eigenvalue weighted by atomic mass is 10.2. The van der Waals surface area contributed by atoms with Crippen molar-refractivity contribution in [2.75, 3.05) is 18.4 Å². The van der Waals surface area contributed by atoms with Crippen molar-refractivity contribution in [2.45, 2.75) is 18.8 Å². The molecule has 1 saturated carbocycles. The number of halogens is 1. The Morgan fingerprint density at radius 1 is 1.33 bits per heavy atom. The quantitative estimate of drug-likeness (QED) is 0.683. The number of carbonyl (C=O) groups is 2. The molecule has 3 rings (SSSR count). The number of nitrogens with two attached hydrogens (primary N) is 1. The van der Waals surface area contributed by atoms with Crippen molar-refractivity contribution in [1.82, 2.24) is 25.5 Å². The molecule has 1 aliphatic carbocycles. The summed E-state index contributed by atoms with van der Waals surface area (Å²) in [4.78, 5) is 22.9. The third-order valence-corrected chi connectivity index (χ3v) is 3.85. The highest BCUT2D eigenvalue weighted by Gasteiger charge is 2.30. The molecule has 126 valence electrons. The third kappa shape index (κ3) is 3.69. The van der Waals surface area contributed by atoms with Crippen molar-refractivity contribution in [3.05, 3.63) is 29.0 Å². The van der Waals surface area contributed by atoms with Crippen LogP contribution in [0.3, 0.4) is 0 Å². The Morgan fingerprint density at radius 2 is 2.12 bits per heavy atom. The van der Waals surface area contributed by atoms with Gasteiger partial charge in [-0.1, -0.05) is 11.6 Å². The smallest absolute Gasteiger partial charge is 0.243 e. The summed E-state index contributed by atoms with van der Waals surface area (Å²) >= 11 is 6.24. The molecule has 0 aliphatic heterocycles. The first kappa shape index (κ1) is 16.3. The van der Waals surface area contributed by atoms with Crippen molar-refractivity contribution in [3.63, 3.8) is 0 Å². The summed E-state index contributed by atoms with van der Waals surface area (Å²) in [6.07, 6.45) is 2.10. The predicted molar refractivity (Wildman–Crippen MR) is 86.8 cm³/mol. The highest BCUT2D eigenvalue weighted by atomic mass is 35.5. The first-order chi connectivity index (χ1) is 11.6. The second-order valence-corrected chi connectivity index (χ2v) is 5.83. The van der Waals surface area contributed by atoms with E-state index in [0.29, 0.717) is 22.3 Å². The number of amides is 2. The maximum Gasteiger partial charge on any atom is 0.243 e. The molecule has 1 fully saturated rings. The standard InChI is InChI=1S/C14H16ClN7O2/c15-10-4-3-9(18-13(24)7-17-12(23)6-16)5-11(10)22-14(8-1-2-8)19-20-21-22/h3-5,8H,1-2,6-7,16H2,(H,17,23)(H,18,24). The molecule has 1 aromatic carbocycles. The van der Waals surface area contributed by atoms with Gasteiger partial charge >= 0.3 is 0 Å². The molecule has 4 N–H and O–H groups in total. The molecule has 1 aliphatic rings. The van der Waals surface area contributed by atoms with E-state index in [9.17, 15) is 9.59 Å². The minimum absolute atomic E-state index is 0.161. The van der Waals surface area contributed by atoms with Gasteiger partial charge in [-0.05, 0) is 41.5 Å². The van der Waals surface area contributed by atoms with Gasteiger partial charge in [0.1, 0.15) is 0 Å². The first-order valence-corrected chi connectivity index (χ1v) is 7.81. The van der Waals surface area contributed by atoms with Crippen LogP contribution in [0.15, 0.2) is 18.2 Å². The van der Waals surface area contributed by atoms with Gasteiger partial charge in [0.15, 0.2) is 5.82 Å². The van der Waals surface area contributed by atoms with Crippen LogP contribution in [-0.2, 0) is 9.59 Å². The van der Waals surface area contributed by atoms with E-state index in [4.69, 9.17) is 17.3 Å². The minimum atomic E-state index is -0.398. The first-order valence-electron chi connectivity index (χ1n) is 7.43. The van der Waals surface area contributed by atoms with E-state index in [1.54, 1.807) is 22.9 Å². The monoisotopic (exact) mass is 349 g/mol. The molecule has 0 atom stereocenters. The van der Waals surface area contributed by atoms with Crippen LogP contribution in [0, 0.1) is 0 Å². The largest absolute Gasteiger partial charge is 0.346 e. The second kappa shape index (κ2) is 6.93. The Bertz CT molecular complexity index is 772. The molecule has 0 saturated heterocycles. The molecular formula is C14H16ClN7O2. The normalized spacial score (nSPS) is 13.6. The van der Waals surface area contributed by atoms with Gasteiger partial charge in [-0.15, -0.1) is 5.10 Å². The number of rotatable bonds is 6. The lowest BCUT2D eigenvalue weighted by molar-refractivity contribution is -0.123. The fourth-order valence-corrected chi connectivity index (χ4v) is 2.37. The maximum absolute atomic E-state index is 11.9. The van der Waals surface area contributed by atoms with Crippen LogP contribution in [0.1, 0.15) is 24.6 Å². The molecule has 0 bridgehead atoms. The van der Waals surface area contributed by atoms with E-state index in [2.05, 4.69) is 26.2 Å². The van der Waals surface area contributed by atoms with Crippen molar-refractivity contribution in [2.24, 2.45) is 5.73 Å². The third-order valence-electron chi connectivity index (χ3n) is 3.53. The zero-order chi connectivity index (χ0) is 17.1. The predicted octanol–water partition coefficient (Wildman–Crippen LogP) is 0.206. The Labute approximate surface area is 142 Å². The number of hydrogen-bond acceptors (Lipinski definition) is 6. The average Bonchev–Trinajstić information content (AvgIpc) is 3.31. The number of aromatic nitrogens is 4.